The van der Waals surface area contributed by atoms with Gasteiger partial charge in [-0.15, -0.1) is 17.4 Å². The zero-order valence-corrected chi connectivity index (χ0v) is 55.8. The molecule has 2 unspecified atom stereocenters. The van der Waals surface area contributed by atoms with Gasteiger partial charge in [0.25, 0.3) is 0 Å². The minimum atomic E-state index is -0.256. The standard InChI is InChI=1S/C38H41N3.C38H39N3.2CH3.Hf/c2*1-24(2)29-16-10-17-30(25(3)4)37(29)41-38(32-18-8-13-27-12-6-7-15-31(27)32)35-21-11-20-34(40-35)33-19-9-14-28-23-22-26(5)39-36(28)33;;;/h6-21,24-26,38-39,41H,22-23H2,1-5H3;6-21,24-26,38H,22-23H2,1-5H3;2*1H3;/q;-2;2*-1;/t2*26?,38-;;;/m00.../s1. The largest absolute Gasteiger partial charge is 0.681 e. The number of hydrogen-bond acceptors (Lipinski definition) is 4. The number of anilines is 2. The summed E-state index contributed by atoms with van der Waals surface area (Å²) in [6, 6.07) is 70.3. The van der Waals surface area contributed by atoms with Crippen molar-refractivity contribution >= 4 is 44.3 Å². The van der Waals surface area contributed by atoms with Gasteiger partial charge < -0.3 is 36.1 Å². The first kappa shape index (κ1) is 63.7. The number of nitrogens with zero attached hydrogens (tertiary/aromatic N) is 4. The van der Waals surface area contributed by atoms with Gasteiger partial charge in [0.15, 0.2) is 0 Å². The molecule has 436 valence electrons. The molecule has 0 aliphatic carbocycles. The molecule has 85 heavy (non-hydrogen) atoms. The molecule has 10 aromatic rings. The fraction of sp³-hybridized carbons (Fsp3) is 0.282. The minimum Gasteiger partial charge on any atom is -0.681 e. The van der Waals surface area contributed by atoms with E-state index in [0.717, 1.165) is 65.4 Å². The number of nitrogens with one attached hydrogen (secondary N) is 2. The van der Waals surface area contributed by atoms with Gasteiger partial charge >= 0.3 is 0 Å². The number of hydrogen-bond donors (Lipinski definition) is 2. The Kier molecular flexibility index (Phi) is 21.1. The van der Waals surface area contributed by atoms with E-state index < -0.39 is 0 Å². The third kappa shape index (κ3) is 13.7. The van der Waals surface area contributed by atoms with Crippen LogP contribution in [0, 0.1) is 14.9 Å². The number of pyridine rings is 2. The summed E-state index contributed by atoms with van der Waals surface area (Å²) in [5, 5.41) is 23.5. The average molecular weight is 1290 g/mol. The van der Waals surface area contributed by atoms with E-state index in [2.05, 4.69) is 274 Å². The summed E-state index contributed by atoms with van der Waals surface area (Å²) in [6.07, 6.45) is 4.41. The average Bonchev–Trinajstić information content (AvgIpc) is 2.56. The van der Waals surface area contributed by atoms with Crippen molar-refractivity contribution in [2.75, 3.05) is 10.6 Å². The monoisotopic (exact) mass is 1290 g/mol. The quantitative estimate of drug-likeness (QED) is 0.0840. The van der Waals surface area contributed by atoms with Crippen molar-refractivity contribution in [1.29, 1.82) is 0 Å². The Balaban J connectivity index is 0.000000214. The molecule has 4 heterocycles. The molecule has 2 aromatic heterocycles. The Morgan fingerprint density at radius 2 is 0.929 bits per heavy atom. The summed E-state index contributed by atoms with van der Waals surface area (Å²) in [5.74, 6) is 1.51. The first-order chi connectivity index (χ1) is 39.8. The number of aryl methyl sites for hydroxylation is 2. The third-order valence-electron chi connectivity index (χ3n) is 16.9. The summed E-state index contributed by atoms with van der Waals surface area (Å²) < 4.78 is 0. The number of rotatable bonds is 14. The van der Waals surface area contributed by atoms with Crippen LogP contribution in [0.5, 0.6) is 0 Å². The van der Waals surface area contributed by atoms with Gasteiger partial charge in [0, 0.05) is 54.5 Å². The van der Waals surface area contributed by atoms with Crippen molar-refractivity contribution in [3.63, 3.8) is 0 Å². The van der Waals surface area contributed by atoms with Crippen LogP contribution in [0.1, 0.15) is 174 Å². The number of benzene rings is 8. The Bertz CT molecular complexity index is 3560. The van der Waals surface area contributed by atoms with Gasteiger partial charge in [-0.05, 0) is 135 Å². The van der Waals surface area contributed by atoms with Gasteiger partial charge in [-0.25, -0.2) is 0 Å². The molecule has 8 aromatic carbocycles. The first-order valence-corrected chi connectivity index (χ1v) is 30.1. The fourth-order valence-electron chi connectivity index (χ4n) is 12.4. The Labute approximate surface area is 528 Å². The second-order valence-electron chi connectivity index (χ2n) is 24.1. The predicted molar refractivity (Wildman–Crippen MR) is 362 cm³/mol. The fourth-order valence-corrected chi connectivity index (χ4v) is 12.4. The molecule has 2 aliphatic rings. The van der Waals surface area contributed by atoms with Crippen LogP contribution in [0.15, 0.2) is 194 Å². The van der Waals surface area contributed by atoms with Gasteiger partial charge in [-0.1, -0.05) is 255 Å². The molecule has 12 rings (SSSR count). The van der Waals surface area contributed by atoms with Crippen LogP contribution in [-0.4, -0.2) is 22.1 Å². The van der Waals surface area contributed by atoms with E-state index in [0.29, 0.717) is 35.8 Å². The maximum Gasteiger partial charge on any atom is 0.0946 e. The summed E-state index contributed by atoms with van der Waals surface area (Å²) >= 11 is 0. The molecular formula is C78H86HfN6-4. The normalized spacial score (nSPS) is 15.0. The van der Waals surface area contributed by atoms with Crippen molar-refractivity contribution < 1.29 is 25.8 Å². The molecule has 6 nitrogen and oxygen atoms in total. The van der Waals surface area contributed by atoms with E-state index in [1.54, 1.807) is 0 Å². The molecule has 4 atom stereocenters. The third-order valence-corrected chi connectivity index (χ3v) is 16.9. The van der Waals surface area contributed by atoms with Crippen LogP contribution in [-0.2, 0) is 38.7 Å². The van der Waals surface area contributed by atoms with Crippen molar-refractivity contribution in [2.24, 2.45) is 0 Å². The molecule has 0 radical (unpaired) electrons. The van der Waals surface area contributed by atoms with Gasteiger partial charge in [0.2, 0.25) is 0 Å². The smallest absolute Gasteiger partial charge is 0.0946 e. The number of para-hydroxylation sites is 4. The molecule has 0 spiro atoms. The van der Waals surface area contributed by atoms with Gasteiger partial charge in [-0.3, -0.25) is 9.97 Å². The number of fused-ring (bicyclic) bond motifs is 4. The van der Waals surface area contributed by atoms with Crippen LogP contribution >= 0.6 is 0 Å². The summed E-state index contributed by atoms with van der Waals surface area (Å²) in [6.45, 7) is 22.6. The maximum absolute atomic E-state index is 5.64. The van der Waals surface area contributed by atoms with Gasteiger partial charge in [-0.2, -0.15) is 0 Å². The zero-order chi connectivity index (χ0) is 57.0. The van der Waals surface area contributed by atoms with Crippen molar-refractivity contribution in [1.82, 2.24) is 9.97 Å². The Hall–Kier alpha value is -7.35. The first-order valence-electron chi connectivity index (χ1n) is 30.1. The Morgan fingerprint density at radius 1 is 0.471 bits per heavy atom. The van der Waals surface area contributed by atoms with E-state index in [1.165, 1.54) is 83.0 Å². The second-order valence-corrected chi connectivity index (χ2v) is 24.1. The summed E-state index contributed by atoms with van der Waals surface area (Å²) in [4.78, 5) is 10.8. The van der Waals surface area contributed by atoms with Crippen molar-refractivity contribution in [3.05, 3.63) is 276 Å². The molecule has 2 N–H and O–H groups in total. The summed E-state index contributed by atoms with van der Waals surface area (Å²) in [7, 11) is 0. The zero-order valence-electron chi connectivity index (χ0n) is 52.2. The summed E-state index contributed by atoms with van der Waals surface area (Å²) in [5.41, 5.74) is 21.2. The van der Waals surface area contributed by atoms with E-state index in [1.807, 2.05) is 0 Å². The van der Waals surface area contributed by atoms with E-state index >= 15 is 0 Å². The second kappa shape index (κ2) is 28.2. The molecule has 0 amide bonds. The van der Waals surface area contributed by atoms with Crippen LogP contribution in [0.4, 0.5) is 22.7 Å². The minimum absolute atomic E-state index is 0. The maximum atomic E-state index is 5.64. The van der Waals surface area contributed by atoms with E-state index in [-0.39, 0.29) is 52.8 Å². The van der Waals surface area contributed by atoms with Crippen LogP contribution in [0.2, 0.25) is 0 Å². The van der Waals surface area contributed by atoms with Crippen LogP contribution < -0.4 is 10.6 Å². The molecule has 0 saturated heterocycles. The SMILES string of the molecule is CC1CCc2cccc(-c3cccc([C@@H](Nc4c(C(C)C)cccc4C(C)C)c4cccc5ccccc45)n3)c2N1.CC1CCc2cccc(-c3cccc([C@@H]([N-]c4c(C(C)C)cccc4C(C)C)c4cccc5ccccc45)n3)c2[N-]1.[CH3-].[CH3-].[Hf]. The Morgan fingerprint density at radius 3 is 1.55 bits per heavy atom. The molecule has 7 heteroatoms. The molecule has 0 fully saturated rings. The van der Waals surface area contributed by atoms with E-state index in [4.69, 9.17) is 20.6 Å². The van der Waals surface area contributed by atoms with Gasteiger partial charge in [0.1, 0.15) is 0 Å². The van der Waals surface area contributed by atoms with Crippen LogP contribution in [0.25, 0.3) is 54.7 Å². The predicted octanol–water partition coefficient (Wildman–Crippen LogP) is 22.3. The molecule has 0 saturated carbocycles. The van der Waals surface area contributed by atoms with Crippen molar-refractivity contribution in [3.8, 4) is 22.5 Å². The van der Waals surface area contributed by atoms with E-state index in [9.17, 15) is 0 Å². The molecule has 0 bridgehead atoms. The molecule has 2 aliphatic heterocycles. The van der Waals surface area contributed by atoms with Crippen LogP contribution in [0.3, 0.4) is 0 Å². The van der Waals surface area contributed by atoms with Gasteiger partial charge in [0.05, 0.1) is 23.1 Å². The topological polar surface area (TPSA) is 78.0 Å². The van der Waals surface area contributed by atoms with Crippen molar-refractivity contribution in [2.45, 2.75) is 143 Å². The molecular weight excluding hydrogens is 1200 g/mol. The number of aromatic nitrogens is 2.